The highest BCUT2D eigenvalue weighted by atomic mass is 16.2. The van der Waals surface area contributed by atoms with Crippen LogP contribution in [0.15, 0.2) is 36.4 Å². The molecule has 0 aliphatic carbocycles. The van der Waals surface area contributed by atoms with Gasteiger partial charge in [0.25, 0.3) is 5.91 Å². The number of benzene rings is 1. The molecule has 2 aromatic rings. The van der Waals surface area contributed by atoms with Crippen molar-refractivity contribution in [1.29, 1.82) is 0 Å². The van der Waals surface area contributed by atoms with Crippen molar-refractivity contribution >= 4 is 16.9 Å². The molecule has 1 aromatic heterocycles. The number of hydrogen-bond donors (Lipinski definition) is 0. The smallest absolute Gasteiger partial charge is 0.267 e. The van der Waals surface area contributed by atoms with E-state index in [9.17, 15) is 4.79 Å². The Morgan fingerprint density at radius 2 is 2.17 bits per heavy atom. The van der Waals surface area contributed by atoms with Gasteiger partial charge in [-0.15, -0.1) is 5.10 Å². The third kappa shape index (κ3) is 2.83. The molecular formula is C14H17N3O. The van der Waals surface area contributed by atoms with Gasteiger partial charge in [0.05, 0.1) is 5.52 Å². The van der Waals surface area contributed by atoms with E-state index in [-0.39, 0.29) is 5.91 Å². The number of aromatic nitrogens is 3. The van der Waals surface area contributed by atoms with Crippen LogP contribution in [-0.4, -0.2) is 20.9 Å². The van der Waals surface area contributed by atoms with Crippen molar-refractivity contribution in [3.63, 3.8) is 0 Å². The molecule has 1 heterocycles. The minimum absolute atomic E-state index is 0.139. The van der Waals surface area contributed by atoms with Gasteiger partial charge in [0.2, 0.25) is 0 Å². The second-order valence-corrected chi connectivity index (χ2v) is 4.23. The lowest BCUT2D eigenvalue weighted by atomic mass is 10.2. The van der Waals surface area contributed by atoms with Crippen molar-refractivity contribution in [2.75, 3.05) is 0 Å². The Bertz CT molecular complexity index is 557. The molecule has 0 unspecified atom stereocenters. The molecule has 4 heteroatoms. The van der Waals surface area contributed by atoms with Gasteiger partial charge >= 0.3 is 0 Å². The lowest BCUT2D eigenvalue weighted by molar-refractivity contribution is 0.0957. The maximum atomic E-state index is 11.9. The predicted octanol–water partition coefficient (Wildman–Crippen LogP) is 3.21. The van der Waals surface area contributed by atoms with Gasteiger partial charge in [-0.05, 0) is 25.0 Å². The summed E-state index contributed by atoms with van der Waals surface area (Å²) in [5.74, 6) is -0.139. The largest absolute Gasteiger partial charge is 0.272 e. The van der Waals surface area contributed by atoms with Crippen LogP contribution in [-0.2, 0) is 0 Å². The number of para-hydroxylation sites is 1. The summed E-state index contributed by atoms with van der Waals surface area (Å²) in [7, 11) is 0. The molecule has 4 nitrogen and oxygen atoms in total. The van der Waals surface area contributed by atoms with Gasteiger partial charge in [-0.1, -0.05) is 43.2 Å². The molecule has 0 amide bonds. The summed E-state index contributed by atoms with van der Waals surface area (Å²) >= 11 is 0. The molecule has 0 N–H and O–H groups in total. The number of nitrogens with zero attached hydrogens (tertiary/aromatic N) is 3. The topological polar surface area (TPSA) is 47.8 Å². The Labute approximate surface area is 106 Å². The molecule has 0 radical (unpaired) electrons. The number of unbranched alkanes of at least 4 members (excludes halogenated alkanes) is 3. The van der Waals surface area contributed by atoms with Gasteiger partial charge in [0.1, 0.15) is 5.52 Å². The predicted molar refractivity (Wildman–Crippen MR) is 71.4 cm³/mol. The van der Waals surface area contributed by atoms with E-state index >= 15 is 0 Å². The molecule has 0 aliphatic heterocycles. The van der Waals surface area contributed by atoms with Crippen molar-refractivity contribution < 1.29 is 4.79 Å². The standard InChI is InChI=1S/C14H17N3O/c1-2-3-4-5-6-11-14(18)17-13-10-8-7-9-12(13)15-16-17/h6-11H,2-5H2,1H3/b11-6+. The maximum absolute atomic E-state index is 11.9. The molecule has 0 saturated heterocycles. The average Bonchev–Trinajstić information content (AvgIpc) is 2.82. The Balaban J connectivity index is 2.05. The van der Waals surface area contributed by atoms with Crippen molar-refractivity contribution in [2.45, 2.75) is 32.6 Å². The Morgan fingerprint density at radius 1 is 1.33 bits per heavy atom. The minimum atomic E-state index is -0.139. The Hall–Kier alpha value is -1.97. The van der Waals surface area contributed by atoms with Gasteiger partial charge in [0.15, 0.2) is 0 Å². The molecule has 94 valence electrons. The number of hydrogen-bond acceptors (Lipinski definition) is 3. The zero-order valence-electron chi connectivity index (χ0n) is 10.5. The van der Waals surface area contributed by atoms with Crippen LogP contribution in [0.2, 0.25) is 0 Å². The van der Waals surface area contributed by atoms with Gasteiger partial charge in [-0.2, -0.15) is 4.68 Å². The third-order valence-corrected chi connectivity index (χ3v) is 2.80. The first-order chi connectivity index (χ1) is 8.83. The van der Waals surface area contributed by atoms with Crippen LogP contribution in [0.1, 0.15) is 37.4 Å². The van der Waals surface area contributed by atoms with Crippen LogP contribution < -0.4 is 0 Å². The number of rotatable bonds is 5. The van der Waals surface area contributed by atoms with Gasteiger partial charge in [-0.3, -0.25) is 4.79 Å². The van der Waals surface area contributed by atoms with Gasteiger partial charge in [-0.25, -0.2) is 0 Å². The number of carbonyl (C=O) groups excluding carboxylic acids is 1. The minimum Gasteiger partial charge on any atom is -0.267 e. The zero-order valence-corrected chi connectivity index (χ0v) is 10.5. The van der Waals surface area contributed by atoms with Crippen LogP contribution in [0.4, 0.5) is 0 Å². The fourth-order valence-corrected chi connectivity index (χ4v) is 1.80. The lowest BCUT2D eigenvalue weighted by Crippen LogP contribution is -2.08. The molecule has 0 saturated carbocycles. The van der Waals surface area contributed by atoms with E-state index in [1.165, 1.54) is 17.5 Å². The first kappa shape index (κ1) is 12.5. The lowest BCUT2D eigenvalue weighted by Gasteiger charge is -1.95. The van der Waals surface area contributed by atoms with E-state index in [0.29, 0.717) is 0 Å². The quantitative estimate of drug-likeness (QED) is 0.598. The summed E-state index contributed by atoms with van der Waals surface area (Å²) in [5.41, 5.74) is 1.49. The first-order valence-corrected chi connectivity index (χ1v) is 6.34. The molecule has 1 aromatic carbocycles. The fraction of sp³-hybridized carbons (Fsp3) is 0.357. The third-order valence-electron chi connectivity index (χ3n) is 2.80. The maximum Gasteiger partial charge on any atom is 0.272 e. The van der Waals surface area contributed by atoms with E-state index in [1.54, 1.807) is 6.08 Å². The summed E-state index contributed by atoms with van der Waals surface area (Å²) in [6, 6.07) is 7.45. The van der Waals surface area contributed by atoms with Crippen LogP contribution in [0, 0.1) is 0 Å². The summed E-state index contributed by atoms with van der Waals surface area (Å²) in [4.78, 5) is 11.9. The summed E-state index contributed by atoms with van der Waals surface area (Å²) in [6.45, 7) is 2.16. The molecule has 0 atom stereocenters. The highest BCUT2D eigenvalue weighted by Gasteiger charge is 2.07. The second-order valence-electron chi connectivity index (χ2n) is 4.23. The molecule has 0 aliphatic rings. The normalized spacial score (nSPS) is 11.4. The zero-order chi connectivity index (χ0) is 12.8. The summed E-state index contributed by atoms with van der Waals surface area (Å²) in [5, 5.41) is 7.83. The molecule has 18 heavy (non-hydrogen) atoms. The van der Waals surface area contributed by atoms with E-state index < -0.39 is 0 Å². The Kier molecular flexibility index (Phi) is 4.23. The average molecular weight is 243 g/mol. The number of carbonyl (C=O) groups is 1. The second kappa shape index (κ2) is 6.10. The molecule has 0 fully saturated rings. The van der Waals surface area contributed by atoms with Crippen LogP contribution >= 0.6 is 0 Å². The Morgan fingerprint density at radius 3 is 3.00 bits per heavy atom. The highest BCUT2D eigenvalue weighted by molar-refractivity contribution is 5.95. The highest BCUT2D eigenvalue weighted by Crippen LogP contribution is 2.09. The van der Waals surface area contributed by atoms with Gasteiger partial charge < -0.3 is 0 Å². The van der Waals surface area contributed by atoms with E-state index in [1.807, 2.05) is 30.3 Å². The molecule has 0 bridgehead atoms. The van der Waals surface area contributed by atoms with E-state index in [0.717, 1.165) is 23.9 Å². The van der Waals surface area contributed by atoms with Crippen LogP contribution in [0.3, 0.4) is 0 Å². The van der Waals surface area contributed by atoms with Crippen molar-refractivity contribution in [1.82, 2.24) is 15.0 Å². The summed E-state index contributed by atoms with van der Waals surface area (Å²) < 4.78 is 1.34. The number of fused-ring (bicyclic) bond motifs is 1. The van der Waals surface area contributed by atoms with Crippen molar-refractivity contribution in [3.8, 4) is 0 Å². The van der Waals surface area contributed by atoms with E-state index in [4.69, 9.17) is 0 Å². The molecule has 0 spiro atoms. The van der Waals surface area contributed by atoms with E-state index in [2.05, 4.69) is 17.2 Å². The fourth-order valence-electron chi connectivity index (χ4n) is 1.80. The van der Waals surface area contributed by atoms with Crippen LogP contribution in [0.25, 0.3) is 11.0 Å². The summed E-state index contributed by atoms with van der Waals surface area (Å²) in [6.07, 6.45) is 7.94. The molecular weight excluding hydrogens is 226 g/mol. The SMILES string of the molecule is CCCCC/C=C/C(=O)n1nnc2ccccc21. The number of allylic oxidation sites excluding steroid dienone is 2. The molecule has 2 rings (SSSR count). The first-order valence-electron chi connectivity index (χ1n) is 6.34. The van der Waals surface area contributed by atoms with Gasteiger partial charge in [0, 0.05) is 6.08 Å². The monoisotopic (exact) mass is 243 g/mol. The van der Waals surface area contributed by atoms with Crippen molar-refractivity contribution in [3.05, 3.63) is 36.4 Å². The van der Waals surface area contributed by atoms with Crippen molar-refractivity contribution in [2.24, 2.45) is 0 Å². The van der Waals surface area contributed by atoms with Crippen LogP contribution in [0.5, 0.6) is 0 Å².